The second kappa shape index (κ2) is 6.14. The van der Waals surface area contributed by atoms with Gasteiger partial charge in [0.05, 0.1) is 24.1 Å². The van der Waals surface area contributed by atoms with Crippen molar-refractivity contribution in [2.24, 2.45) is 0 Å². The van der Waals surface area contributed by atoms with E-state index in [1.165, 1.54) is 0 Å². The van der Waals surface area contributed by atoms with E-state index in [1.807, 2.05) is 30.3 Å². The lowest BCUT2D eigenvalue weighted by atomic mass is 10.2. The Morgan fingerprint density at radius 1 is 1.56 bits per heavy atom. The minimum absolute atomic E-state index is 0.289. The van der Waals surface area contributed by atoms with Crippen LogP contribution in [0.3, 0.4) is 0 Å². The average Bonchev–Trinajstić information content (AvgIpc) is 2.30. The van der Waals surface area contributed by atoms with Crippen molar-refractivity contribution in [3.05, 3.63) is 24.0 Å². The van der Waals surface area contributed by atoms with Crippen molar-refractivity contribution in [3.8, 4) is 12.3 Å². The van der Waals surface area contributed by atoms with Gasteiger partial charge in [-0.05, 0) is 25.6 Å². The first-order chi connectivity index (χ1) is 7.69. The van der Waals surface area contributed by atoms with Gasteiger partial charge in [-0.15, -0.1) is 6.42 Å². The summed E-state index contributed by atoms with van der Waals surface area (Å²) in [7, 11) is 1.96. The van der Waals surface area contributed by atoms with E-state index in [0.29, 0.717) is 6.54 Å². The average molecular weight is 217 g/mol. The van der Waals surface area contributed by atoms with Crippen molar-refractivity contribution < 1.29 is 0 Å². The first-order valence-electron chi connectivity index (χ1n) is 5.53. The van der Waals surface area contributed by atoms with E-state index in [0.717, 1.165) is 17.9 Å². The van der Waals surface area contributed by atoms with Crippen LogP contribution in [0.2, 0.25) is 0 Å². The molecular formula is C13H19N3. The van der Waals surface area contributed by atoms with Crippen molar-refractivity contribution in [1.29, 1.82) is 0 Å². The van der Waals surface area contributed by atoms with E-state index in [4.69, 9.17) is 6.42 Å². The first-order valence-corrected chi connectivity index (χ1v) is 5.53. The summed E-state index contributed by atoms with van der Waals surface area (Å²) in [6.45, 7) is 5.74. The smallest absolute Gasteiger partial charge is 0.0789 e. The fourth-order valence-electron chi connectivity index (χ4n) is 1.52. The maximum absolute atomic E-state index is 5.26. The molecule has 0 aliphatic heterocycles. The number of nitrogens with one attached hydrogen (secondary N) is 1. The van der Waals surface area contributed by atoms with Crippen molar-refractivity contribution in [2.75, 3.05) is 25.0 Å². The molecule has 1 heterocycles. The molecule has 0 aliphatic rings. The lowest BCUT2D eigenvalue weighted by Gasteiger charge is -2.17. The van der Waals surface area contributed by atoms with Crippen molar-refractivity contribution in [3.63, 3.8) is 0 Å². The number of terminal acetylenes is 1. The molecule has 16 heavy (non-hydrogen) atoms. The molecule has 3 heteroatoms. The monoisotopic (exact) mass is 217 g/mol. The van der Waals surface area contributed by atoms with Crippen LogP contribution in [0.5, 0.6) is 0 Å². The molecule has 1 N–H and O–H groups in total. The van der Waals surface area contributed by atoms with Crippen molar-refractivity contribution in [2.45, 2.75) is 19.9 Å². The second-order valence-electron chi connectivity index (χ2n) is 3.78. The fraction of sp³-hybridized carbons (Fsp3) is 0.462. The number of rotatable bonds is 5. The van der Waals surface area contributed by atoms with Crippen molar-refractivity contribution >= 4 is 5.69 Å². The van der Waals surface area contributed by atoms with Gasteiger partial charge in [0.25, 0.3) is 0 Å². The molecule has 0 aromatic carbocycles. The van der Waals surface area contributed by atoms with Gasteiger partial charge < -0.3 is 10.2 Å². The summed E-state index contributed by atoms with van der Waals surface area (Å²) in [5.74, 6) is 2.61. The Hall–Kier alpha value is -1.53. The highest BCUT2D eigenvalue weighted by atomic mass is 15.1. The topological polar surface area (TPSA) is 28.2 Å². The number of pyridine rings is 1. The van der Waals surface area contributed by atoms with Crippen LogP contribution in [-0.2, 0) is 0 Å². The van der Waals surface area contributed by atoms with Crippen LogP contribution in [-0.4, -0.2) is 25.1 Å². The normalized spacial score (nSPS) is 11.9. The largest absolute Gasteiger partial charge is 0.362 e. The third-order valence-electron chi connectivity index (χ3n) is 2.49. The van der Waals surface area contributed by atoms with Gasteiger partial charge in [0, 0.05) is 13.1 Å². The minimum atomic E-state index is 0.289. The first kappa shape index (κ1) is 12.5. The lowest BCUT2D eigenvalue weighted by molar-refractivity contribution is 0.583. The molecule has 0 radical (unpaired) electrons. The Kier molecular flexibility index (Phi) is 4.81. The number of hydrogen-bond donors (Lipinski definition) is 1. The highest BCUT2D eigenvalue weighted by Crippen LogP contribution is 2.14. The van der Waals surface area contributed by atoms with Crippen LogP contribution in [0, 0.1) is 12.3 Å². The molecule has 3 nitrogen and oxygen atoms in total. The molecule has 86 valence electrons. The Morgan fingerprint density at radius 2 is 2.31 bits per heavy atom. The molecular weight excluding hydrogens is 198 g/mol. The van der Waals surface area contributed by atoms with Gasteiger partial charge in [-0.1, -0.05) is 12.8 Å². The Bertz CT molecular complexity index is 350. The maximum atomic E-state index is 5.26. The summed E-state index contributed by atoms with van der Waals surface area (Å²) in [5, 5.41) is 3.33. The zero-order valence-corrected chi connectivity index (χ0v) is 10.2. The van der Waals surface area contributed by atoms with Gasteiger partial charge in [-0.25, -0.2) is 0 Å². The molecule has 0 spiro atoms. The molecule has 1 aromatic heterocycles. The van der Waals surface area contributed by atoms with Crippen molar-refractivity contribution in [1.82, 2.24) is 10.3 Å². The quantitative estimate of drug-likeness (QED) is 0.763. The predicted molar refractivity (Wildman–Crippen MR) is 68.4 cm³/mol. The lowest BCUT2D eigenvalue weighted by Crippen LogP contribution is -2.20. The number of anilines is 1. The van der Waals surface area contributed by atoms with Gasteiger partial charge >= 0.3 is 0 Å². The molecule has 0 aliphatic carbocycles. The molecule has 1 rings (SSSR count). The molecule has 1 aromatic rings. The van der Waals surface area contributed by atoms with Crippen LogP contribution in [0.15, 0.2) is 18.3 Å². The Balaban J connectivity index is 2.71. The van der Waals surface area contributed by atoms with Crippen LogP contribution in [0.25, 0.3) is 0 Å². The van der Waals surface area contributed by atoms with Gasteiger partial charge in [0.1, 0.15) is 0 Å². The molecule has 0 fully saturated rings. The van der Waals surface area contributed by atoms with Gasteiger partial charge in [-0.2, -0.15) is 0 Å². The van der Waals surface area contributed by atoms with E-state index in [9.17, 15) is 0 Å². The standard InChI is InChI=1S/C13H19N3/c1-5-9-16(4)12-7-8-13(15-10-12)11(3)14-6-2/h1,7-8,10-11,14H,6,9H2,2-4H3. The zero-order chi connectivity index (χ0) is 12.0. The zero-order valence-electron chi connectivity index (χ0n) is 10.2. The summed E-state index contributed by atoms with van der Waals surface area (Å²) in [6.07, 6.45) is 7.12. The molecule has 1 unspecified atom stereocenters. The summed E-state index contributed by atoms with van der Waals surface area (Å²) >= 11 is 0. The van der Waals surface area contributed by atoms with E-state index in [1.54, 1.807) is 0 Å². The fourth-order valence-corrected chi connectivity index (χ4v) is 1.52. The van der Waals surface area contributed by atoms with Crippen LogP contribution in [0.1, 0.15) is 25.6 Å². The van der Waals surface area contributed by atoms with Gasteiger partial charge in [-0.3, -0.25) is 4.98 Å². The summed E-state index contributed by atoms with van der Waals surface area (Å²) in [6, 6.07) is 4.38. The predicted octanol–water partition coefficient (Wildman–Crippen LogP) is 1.82. The SMILES string of the molecule is C#CCN(C)c1ccc(C(C)NCC)nc1. The molecule has 0 saturated heterocycles. The number of nitrogens with zero attached hydrogens (tertiary/aromatic N) is 2. The van der Waals surface area contributed by atoms with Gasteiger partial charge in [0.15, 0.2) is 0 Å². The van der Waals surface area contributed by atoms with Crippen LogP contribution in [0.4, 0.5) is 5.69 Å². The molecule has 0 saturated carbocycles. The Labute approximate surface area is 97.9 Å². The third kappa shape index (κ3) is 3.25. The molecule has 0 amide bonds. The van der Waals surface area contributed by atoms with Crippen LogP contribution >= 0.6 is 0 Å². The molecule has 0 bridgehead atoms. The Morgan fingerprint density at radius 3 is 2.81 bits per heavy atom. The summed E-state index contributed by atoms with van der Waals surface area (Å²) in [4.78, 5) is 6.42. The third-order valence-corrected chi connectivity index (χ3v) is 2.49. The van der Waals surface area contributed by atoms with E-state index < -0.39 is 0 Å². The summed E-state index contributed by atoms with van der Waals surface area (Å²) in [5.41, 5.74) is 2.10. The number of hydrogen-bond acceptors (Lipinski definition) is 3. The van der Waals surface area contributed by atoms with E-state index >= 15 is 0 Å². The van der Waals surface area contributed by atoms with Gasteiger partial charge in [0.2, 0.25) is 0 Å². The van der Waals surface area contributed by atoms with Crippen LogP contribution < -0.4 is 10.2 Å². The highest BCUT2D eigenvalue weighted by molar-refractivity contribution is 5.45. The number of aromatic nitrogens is 1. The molecule has 1 atom stereocenters. The van der Waals surface area contributed by atoms with E-state index in [-0.39, 0.29) is 6.04 Å². The van der Waals surface area contributed by atoms with E-state index in [2.05, 4.69) is 30.1 Å². The summed E-state index contributed by atoms with van der Waals surface area (Å²) < 4.78 is 0. The highest BCUT2D eigenvalue weighted by Gasteiger charge is 2.05. The minimum Gasteiger partial charge on any atom is -0.362 e. The maximum Gasteiger partial charge on any atom is 0.0789 e. The second-order valence-corrected chi connectivity index (χ2v) is 3.78.